The highest BCUT2D eigenvalue weighted by molar-refractivity contribution is 6.27. The number of carboxylic acids is 2. The van der Waals surface area contributed by atoms with Crippen LogP contribution in [0, 0.1) is 0 Å². The number of likely N-dealkylation sites (tertiary alicyclic amines) is 1. The fourth-order valence-electron chi connectivity index (χ4n) is 3.49. The Morgan fingerprint density at radius 3 is 2.44 bits per heavy atom. The van der Waals surface area contributed by atoms with E-state index in [4.69, 9.17) is 19.8 Å². The van der Waals surface area contributed by atoms with Gasteiger partial charge in [0.1, 0.15) is 0 Å². The average molecular weight is 348 g/mol. The van der Waals surface area contributed by atoms with Gasteiger partial charge in [-0.15, -0.1) is 0 Å². The zero-order valence-corrected chi connectivity index (χ0v) is 14.1. The number of hydrogen-bond donors (Lipinski definition) is 3. The Morgan fingerprint density at radius 2 is 1.84 bits per heavy atom. The summed E-state index contributed by atoms with van der Waals surface area (Å²) in [5, 5.41) is 17.5. The topological polar surface area (TPSA) is 107 Å². The molecule has 7 heteroatoms. The number of carbonyl (C=O) groups excluding carboxylic acids is 1. The molecule has 0 radical (unpaired) electrons. The van der Waals surface area contributed by atoms with Gasteiger partial charge in [0.25, 0.3) is 0 Å². The summed E-state index contributed by atoms with van der Waals surface area (Å²) in [6, 6.07) is 6.36. The smallest absolute Gasteiger partial charge is 0.414 e. The average Bonchev–Trinajstić information content (AvgIpc) is 2.99. The number of rotatable bonds is 4. The number of piperidine rings is 1. The van der Waals surface area contributed by atoms with Crippen LogP contribution in [0.5, 0.6) is 0 Å². The monoisotopic (exact) mass is 348 g/mol. The molecule has 3 N–H and O–H groups in total. The van der Waals surface area contributed by atoms with Crippen LogP contribution in [-0.4, -0.2) is 53.1 Å². The van der Waals surface area contributed by atoms with Crippen LogP contribution in [0.3, 0.4) is 0 Å². The third-order valence-electron chi connectivity index (χ3n) is 4.68. The number of aliphatic carboxylic acids is 2. The summed E-state index contributed by atoms with van der Waals surface area (Å²) in [5.74, 6) is -2.99. The van der Waals surface area contributed by atoms with E-state index < -0.39 is 11.9 Å². The van der Waals surface area contributed by atoms with Gasteiger partial charge in [0.05, 0.1) is 0 Å². The van der Waals surface area contributed by atoms with E-state index in [0.717, 1.165) is 12.1 Å². The molecule has 1 aromatic carbocycles. The van der Waals surface area contributed by atoms with E-state index in [-0.39, 0.29) is 0 Å². The maximum absolute atomic E-state index is 10.6. The normalized spacial score (nSPS) is 19.3. The second kappa shape index (κ2) is 9.17. The lowest BCUT2D eigenvalue weighted by Gasteiger charge is -2.29. The number of nitrogens with one attached hydrogen (secondary N) is 1. The highest BCUT2D eigenvalue weighted by Gasteiger charge is 2.25. The Bertz CT molecular complexity index is 614. The number of anilines is 1. The molecule has 2 aliphatic rings. The lowest BCUT2D eigenvalue weighted by molar-refractivity contribution is -0.159. The Balaban J connectivity index is 0.000000326. The number of hydrogen-bond acceptors (Lipinski definition) is 4. The van der Waals surface area contributed by atoms with Crippen LogP contribution in [0.4, 0.5) is 5.69 Å². The minimum atomic E-state index is -1.82. The van der Waals surface area contributed by atoms with Crippen LogP contribution in [0.15, 0.2) is 18.2 Å². The van der Waals surface area contributed by atoms with E-state index in [0.29, 0.717) is 5.92 Å². The summed E-state index contributed by atoms with van der Waals surface area (Å²) < 4.78 is 0. The first-order chi connectivity index (χ1) is 12.0. The molecule has 1 saturated heterocycles. The number of carbonyl (C=O) groups is 3. The maximum Gasteiger partial charge on any atom is 0.414 e. The summed E-state index contributed by atoms with van der Waals surface area (Å²) in [6.45, 7) is 3.72. The minimum absolute atomic E-state index is 0.654. The number of carboxylic acid groups (broad SMARTS) is 2. The second-order valence-corrected chi connectivity index (χ2v) is 6.38. The third kappa shape index (κ3) is 5.56. The molecule has 7 nitrogen and oxygen atoms in total. The van der Waals surface area contributed by atoms with Gasteiger partial charge in [-0.2, -0.15) is 0 Å². The van der Waals surface area contributed by atoms with Gasteiger partial charge >= 0.3 is 11.9 Å². The van der Waals surface area contributed by atoms with Crippen molar-refractivity contribution in [2.24, 2.45) is 0 Å². The molecule has 1 unspecified atom stereocenters. The van der Waals surface area contributed by atoms with Gasteiger partial charge in [-0.05, 0) is 68.0 Å². The Kier molecular flexibility index (Phi) is 6.94. The first-order valence-corrected chi connectivity index (χ1v) is 8.53. The van der Waals surface area contributed by atoms with E-state index in [1.54, 1.807) is 0 Å². The fourth-order valence-corrected chi connectivity index (χ4v) is 3.49. The van der Waals surface area contributed by atoms with Crippen LogP contribution in [0.1, 0.15) is 42.7 Å². The van der Waals surface area contributed by atoms with Crippen molar-refractivity contribution in [3.8, 4) is 0 Å². The van der Waals surface area contributed by atoms with Gasteiger partial charge in [-0.1, -0.05) is 12.5 Å². The van der Waals surface area contributed by atoms with Crippen molar-refractivity contribution < 1.29 is 24.6 Å². The molecule has 1 aliphatic carbocycles. The van der Waals surface area contributed by atoms with E-state index in [1.807, 2.05) is 6.07 Å². The fraction of sp³-hybridized carbons (Fsp3) is 0.500. The zero-order valence-electron chi connectivity index (χ0n) is 14.1. The summed E-state index contributed by atoms with van der Waals surface area (Å²) in [5.41, 5.74) is 3.86. The van der Waals surface area contributed by atoms with Crippen LogP contribution >= 0.6 is 0 Å². The summed E-state index contributed by atoms with van der Waals surface area (Å²) >= 11 is 0. The van der Waals surface area contributed by atoms with Gasteiger partial charge < -0.3 is 20.4 Å². The molecule has 0 bridgehead atoms. The van der Waals surface area contributed by atoms with Gasteiger partial charge in [0.2, 0.25) is 6.41 Å². The van der Waals surface area contributed by atoms with Crippen molar-refractivity contribution >= 4 is 24.0 Å². The molecule has 0 spiro atoms. The highest BCUT2D eigenvalue weighted by Crippen LogP contribution is 2.35. The van der Waals surface area contributed by atoms with Crippen molar-refractivity contribution in [1.82, 2.24) is 4.90 Å². The number of fused-ring (bicyclic) bond motifs is 1. The molecule has 0 saturated carbocycles. The van der Waals surface area contributed by atoms with Crippen molar-refractivity contribution in [3.05, 3.63) is 29.3 Å². The minimum Gasteiger partial charge on any atom is -0.473 e. The predicted molar refractivity (Wildman–Crippen MR) is 92.8 cm³/mol. The molecule has 1 fully saturated rings. The van der Waals surface area contributed by atoms with E-state index in [2.05, 4.69) is 22.3 Å². The number of benzene rings is 1. The summed E-state index contributed by atoms with van der Waals surface area (Å²) in [6.07, 6.45) is 7.31. The van der Waals surface area contributed by atoms with E-state index >= 15 is 0 Å². The quantitative estimate of drug-likeness (QED) is 0.567. The molecular weight excluding hydrogens is 324 g/mol. The van der Waals surface area contributed by atoms with E-state index in [1.165, 1.54) is 62.9 Å². The zero-order chi connectivity index (χ0) is 18.2. The molecule has 25 heavy (non-hydrogen) atoms. The number of amides is 1. The molecule has 1 atom stereocenters. The summed E-state index contributed by atoms with van der Waals surface area (Å²) in [7, 11) is 0. The van der Waals surface area contributed by atoms with Crippen molar-refractivity contribution in [2.45, 2.75) is 38.0 Å². The van der Waals surface area contributed by atoms with Gasteiger partial charge in [-0.25, -0.2) is 9.59 Å². The Labute approximate surface area is 146 Å². The number of nitrogens with zero attached hydrogens (tertiary/aromatic N) is 1. The lowest BCUT2D eigenvalue weighted by atomic mass is 9.99. The van der Waals surface area contributed by atoms with Crippen molar-refractivity contribution in [3.63, 3.8) is 0 Å². The highest BCUT2D eigenvalue weighted by atomic mass is 16.4. The molecule has 1 amide bonds. The van der Waals surface area contributed by atoms with Gasteiger partial charge in [0.15, 0.2) is 0 Å². The number of aryl methyl sites for hydroxylation is 1. The van der Waals surface area contributed by atoms with Gasteiger partial charge in [0, 0.05) is 12.2 Å². The van der Waals surface area contributed by atoms with Crippen LogP contribution in [0.2, 0.25) is 0 Å². The molecule has 3 rings (SSSR count). The molecule has 136 valence electrons. The first kappa shape index (κ1) is 18.9. The molecule has 1 aromatic rings. The molecule has 0 aromatic heterocycles. The molecule has 1 aliphatic heterocycles. The third-order valence-corrected chi connectivity index (χ3v) is 4.68. The predicted octanol–water partition coefficient (Wildman–Crippen LogP) is 1.93. The van der Waals surface area contributed by atoms with Crippen molar-refractivity contribution in [2.75, 3.05) is 25.0 Å². The largest absolute Gasteiger partial charge is 0.473 e. The maximum atomic E-state index is 10.6. The van der Waals surface area contributed by atoms with E-state index in [9.17, 15) is 4.79 Å². The summed E-state index contributed by atoms with van der Waals surface area (Å²) in [4.78, 5) is 31.4. The standard InChI is InChI=1S/C16H22N2O.C2H2O4/c19-12-17-15-7-6-13-4-5-14(16(13)10-15)11-18-8-2-1-3-9-18;3-1(4)2(5)6/h6-7,10,12,14H,1-5,8-9,11H2,(H,17,19);(H,3,4)(H,5,6). The van der Waals surface area contributed by atoms with Crippen molar-refractivity contribution in [1.29, 1.82) is 0 Å². The van der Waals surface area contributed by atoms with Crippen LogP contribution in [0.25, 0.3) is 0 Å². The van der Waals surface area contributed by atoms with Crippen LogP contribution < -0.4 is 5.32 Å². The SMILES string of the molecule is O=C(O)C(=O)O.O=CNc1ccc2c(c1)C(CN1CCCCC1)CC2. The molecular formula is C18H24N2O5. The van der Waals surface area contributed by atoms with Crippen LogP contribution in [-0.2, 0) is 20.8 Å². The Morgan fingerprint density at radius 1 is 1.16 bits per heavy atom. The molecule has 1 heterocycles. The van der Waals surface area contributed by atoms with Gasteiger partial charge in [-0.3, -0.25) is 4.79 Å². The lowest BCUT2D eigenvalue weighted by Crippen LogP contribution is -2.33. The second-order valence-electron chi connectivity index (χ2n) is 6.38. The Hall–Kier alpha value is -2.41. The first-order valence-electron chi connectivity index (χ1n) is 8.53.